The number of hydrogen-bond acceptors (Lipinski definition) is 9. The molecule has 0 aliphatic heterocycles. The van der Waals surface area contributed by atoms with E-state index in [1.54, 1.807) is 35.5 Å². The first-order chi connectivity index (χ1) is 11.6. The Hall–Kier alpha value is -0.165. The van der Waals surface area contributed by atoms with Gasteiger partial charge in [-0.25, -0.2) is 0 Å². The fourth-order valence-corrected chi connectivity index (χ4v) is 2.05. The van der Waals surface area contributed by atoms with Crippen molar-refractivity contribution in [3.8, 4) is 0 Å². The summed E-state index contributed by atoms with van der Waals surface area (Å²) in [5.74, 6) is 0. The van der Waals surface area contributed by atoms with E-state index in [4.69, 9.17) is 23.3 Å². The van der Waals surface area contributed by atoms with Gasteiger partial charge >= 0.3 is 21.6 Å². The van der Waals surface area contributed by atoms with E-state index < -0.39 is 0 Å². The second-order valence-electron chi connectivity index (χ2n) is 5.19. The molecule has 0 radical (unpaired) electrons. The van der Waals surface area contributed by atoms with Crippen LogP contribution >= 0.6 is 0 Å². The highest BCUT2D eigenvalue weighted by molar-refractivity contribution is 6.47. The van der Waals surface area contributed by atoms with Crippen LogP contribution in [0, 0.1) is 0 Å². The van der Waals surface area contributed by atoms with E-state index >= 15 is 0 Å². The summed E-state index contributed by atoms with van der Waals surface area (Å²) in [6.45, 7) is 6.94. The molecular weight excluding hydrogens is 313 g/mol. The molecule has 0 aliphatic rings. The molecular formula is C12H33B3N4O5. The Kier molecular flexibility index (Phi) is 16.2. The van der Waals surface area contributed by atoms with Crippen LogP contribution in [0.1, 0.15) is 0 Å². The molecule has 12 heteroatoms. The van der Waals surface area contributed by atoms with Crippen molar-refractivity contribution in [2.75, 3.05) is 74.8 Å². The van der Waals surface area contributed by atoms with Gasteiger partial charge in [-0.2, -0.15) is 0 Å². The van der Waals surface area contributed by atoms with Crippen molar-refractivity contribution in [2.24, 2.45) is 0 Å². The van der Waals surface area contributed by atoms with Crippen molar-refractivity contribution in [3.63, 3.8) is 0 Å². The zero-order valence-corrected chi connectivity index (χ0v) is 16.0. The monoisotopic (exact) mass is 346 g/mol. The predicted octanol–water partition coefficient (Wildman–Crippen LogP) is -1.62. The minimum atomic E-state index is -0.386. The molecule has 0 saturated carbocycles. The van der Waals surface area contributed by atoms with Crippen LogP contribution in [0.15, 0.2) is 0 Å². The predicted molar refractivity (Wildman–Crippen MR) is 98.6 cm³/mol. The zero-order chi connectivity index (χ0) is 18.2. The average molecular weight is 346 g/mol. The molecule has 0 atom stereocenters. The van der Waals surface area contributed by atoms with E-state index in [-0.39, 0.29) is 21.6 Å². The molecule has 0 unspecified atom stereocenters. The van der Waals surface area contributed by atoms with Gasteiger partial charge in [-0.1, -0.05) is 0 Å². The summed E-state index contributed by atoms with van der Waals surface area (Å²) in [7, 11) is 7.38. The van der Waals surface area contributed by atoms with E-state index in [0.717, 1.165) is 39.3 Å². The van der Waals surface area contributed by atoms with Crippen molar-refractivity contribution in [1.82, 2.24) is 20.6 Å². The van der Waals surface area contributed by atoms with Gasteiger partial charge in [0.05, 0.1) is 0 Å². The fourth-order valence-electron chi connectivity index (χ4n) is 2.05. The third-order valence-corrected chi connectivity index (χ3v) is 3.55. The highest BCUT2D eigenvalue weighted by Crippen LogP contribution is 1.89. The maximum Gasteiger partial charge on any atom is 0.554 e. The summed E-state index contributed by atoms with van der Waals surface area (Å²) >= 11 is 0. The van der Waals surface area contributed by atoms with Crippen molar-refractivity contribution in [3.05, 3.63) is 0 Å². The lowest BCUT2D eigenvalue weighted by Crippen LogP contribution is -2.48. The van der Waals surface area contributed by atoms with Crippen molar-refractivity contribution in [1.29, 1.82) is 0 Å². The fraction of sp³-hybridized carbons (Fsp3) is 1.00. The van der Waals surface area contributed by atoms with Crippen LogP contribution < -0.4 is 15.7 Å². The molecule has 0 rings (SSSR count). The SMILES string of the molecule is COB(C)NCCN(CCNB(OC)OC)CCNB(OC)OC. The van der Waals surface area contributed by atoms with Gasteiger partial charge in [-0.05, 0) is 13.4 Å². The van der Waals surface area contributed by atoms with Gasteiger partial charge in [-0.15, -0.1) is 0 Å². The summed E-state index contributed by atoms with van der Waals surface area (Å²) in [5.41, 5.74) is 0. The van der Waals surface area contributed by atoms with Crippen molar-refractivity contribution in [2.45, 2.75) is 6.82 Å². The Balaban J connectivity index is 4.16. The number of nitrogens with zero attached hydrogens (tertiary/aromatic N) is 1. The highest BCUT2D eigenvalue weighted by Gasteiger charge is 2.17. The van der Waals surface area contributed by atoms with Gasteiger partial charge in [0.2, 0.25) is 0 Å². The van der Waals surface area contributed by atoms with E-state index in [2.05, 4.69) is 20.6 Å². The first-order valence-electron chi connectivity index (χ1n) is 8.17. The van der Waals surface area contributed by atoms with Crippen LogP contribution in [-0.4, -0.2) is 101 Å². The molecule has 9 nitrogen and oxygen atoms in total. The first-order valence-corrected chi connectivity index (χ1v) is 8.17. The van der Waals surface area contributed by atoms with Crippen LogP contribution in [0.3, 0.4) is 0 Å². The Labute approximate surface area is 147 Å². The molecule has 24 heavy (non-hydrogen) atoms. The lowest BCUT2D eigenvalue weighted by atomic mass is 9.88. The lowest BCUT2D eigenvalue weighted by Gasteiger charge is -2.24. The van der Waals surface area contributed by atoms with E-state index in [0.29, 0.717) is 0 Å². The Morgan fingerprint density at radius 3 is 1.33 bits per heavy atom. The number of rotatable bonds is 17. The molecule has 0 aliphatic carbocycles. The maximum absolute atomic E-state index is 5.19. The van der Waals surface area contributed by atoms with Gasteiger partial charge in [0.1, 0.15) is 0 Å². The van der Waals surface area contributed by atoms with E-state index in [9.17, 15) is 0 Å². The number of nitrogens with one attached hydrogen (secondary N) is 3. The molecule has 0 aromatic rings. The van der Waals surface area contributed by atoms with Crippen LogP contribution in [0.4, 0.5) is 0 Å². The van der Waals surface area contributed by atoms with Crippen molar-refractivity contribution < 1.29 is 23.3 Å². The largest absolute Gasteiger partial charge is 0.554 e. The van der Waals surface area contributed by atoms with Crippen LogP contribution in [0.2, 0.25) is 6.82 Å². The van der Waals surface area contributed by atoms with Gasteiger partial charge < -0.3 is 39.0 Å². The second-order valence-corrected chi connectivity index (χ2v) is 5.19. The standard InChI is InChI=1S/C12H33B3N4O5/c1-13(20-2)16-7-10-19(11-8-17-14(21-3)22-4)12-9-18-15(23-5)24-6/h16-18H,7-12H2,1-6H3. The summed E-state index contributed by atoms with van der Waals surface area (Å²) in [6, 6.07) is 0. The molecule has 0 aromatic carbocycles. The van der Waals surface area contributed by atoms with E-state index in [1.165, 1.54) is 0 Å². The second kappa shape index (κ2) is 16.3. The molecule has 0 amide bonds. The normalized spacial score (nSPS) is 11.1. The Morgan fingerprint density at radius 1 is 0.625 bits per heavy atom. The molecule has 0 spiro atoms. The van der Waals surface area contributed by atoms with Gasteiger partial charge in [0.15, 0.2) is 0 Å². The van der Waals surface area contributed by atoms with Crippen LogP contribution in [0.5, 0.6) is 0 Å². The molecule has 0 fully saturated rings. The molecule has 0 heterocycles. The Morgan fingerprint density at radius 2 is 1.00 bits per heavy atom. The van der Waals surface area contributed by atoms with E-state index in [1.807, 2.05) is 6.82 Å². The molecule has 140 valence electrons. The third-order valence-electron chi connectivity index (χ3n) is 3.55. The van der Waals surface area contributed by atoms with Gasteiger partial charge in [0, 0.05) is 68.3 Å². The third kappa shape index (κ3) is 12.2. The smallest absolute Gasteiger partial charge is 0.424 e. The zero-order valence-electron chi connectivity index (χ0n) is 16.0. The van der Waals surface area contributed by atoms with Crippen LogP contribution in [0.25, 0.3) is 0 Å². The van der Waals surface area contributed by atoms with Gasteiger partial charge in [0.25, 0.3) is 0 Å². The topological polar surface area (TPSA) is 85.5 Å². The lowest BCUT2D eigenvalue weighted by molar-refractivity contribution is 0.242. The average Bonchev–Trinajstić information content (AvgIpc) is 2.61. The minimum Gasteiger partial charge on any atom is -0.424 e. The molecule has 0 bridgehead atoms. The summed E-state index contributed by atoms with van der Waals surface area (Å²) < 4.78 is 25.7. The first kappa shape index (κ1) is 23.8. The minimum absolute atomic E-state index is 0.0424. The van der Waals surface area contributed by atoms with Gasteiger partial charge in [-0.3, -0.25) is 4.90 Å². The number of hydrogen-bond donors (Lipinski definition) is 3. The van der Waals surface area contributed by atoms with Crippen molar-refractivity contribution >= 4 is 21.6 Å². The molecule has 0 aromatic heterocycles. The maximum atomic E-state index is 5.19. The summed E-state index contributed by atoms with van der Waals surface area (Å²) in [4.78, 5) is 2.32. The highest BCUT2D eigenvalue weighted by atomic mass is 16.6. The summed E-state index contributed by atoms with van der Waals surface area (Å²) in [5, 5.41) is 9.66. The van der Waals surface area contributed by atoms with Crippen LogP contribution in [-0.2, 0) is 23.3 Å². The molecule has 3 N–H and O–H groups in total. The Bertz CT molecular complexity index is 261. The molecule has 0 saturated heterocycles. The quantitative estimate of drug-likeness (QED) is 0.269. The summed E-state index contributed by atoms with van der Waals surface area (Å²) in [6.07, 6.45) is 0.